The van der Waals surface area contributed by atoms with Crippen LogP contribution in [0.5, 0.6) is 0 Å². The van der Waals surface area contributed by atoms with E-state index in [-0.39, 0.29) is 11.8 Å². The standard InChI is InChI=1S/C21H21N5O2/c1-13-18(17-11-23-24-12-17)5-6-19(25-13)26-8-7-16(21(26)28)10-14-3-2-4-15(9-14)20(22)27/h2-6,9,11-12,16H,7-8,10H2,1H3,(H2,22,27)(H,23,24). The number of pyridine rings is 1. The third-order valence-corrected chi connectivity index (χ3v) is 5.17. The van der Waals surface area contributed by atoms with Gasteiger partial charge in [0.2, 0.25) is 11.8 Å². The van der Waals surface area contributed by atoms with Crippen molar-refractivity contribution in [2.45, 2.75) is 19.8 Å². The molecule has 1 atom stereocenters. The van der Waals surface area contributed by atoms with Crippen molar-refractivity contribution in [1.29, 1.82) is 0 Å². The topological polar surface area (TPSA) is 105 Å². The molecule has 0 radical (unpaired) electrons. The highest BCUT2D eigenvalue weighted by Crippen LogP contribution is 2.29. The highest BCUT2D eigenvalue weighted by Gasteiger charge is 2.33. The minimum absolute atomic E-state index is 0.0624. The molecule has 7 heteroatoms. The zero-order valence-corrected chi connectivity index (χ0v) is 15.6. The molecule has 1 aliphatic heterocycles. The zero-order valence-electron chi connectivity index (χ0n) is 15.6. The quantitative estimate of drug-likeness (QED) is 0.715. The normalized spacial score (nSPS) is 16.5. The summed E-state index contributed by atoms with van der Waals surface area (Å²) >= 11 is 0. The number of nitrogens with one attached hydrogen (secondary N) is 1. The molecule has 3 aromatic rings. The molecule has 2 amide bonds. The van der Waals surface area contributed by atoms with Crippen LogP contribution in [0.4, 0.5) is 5.82 Å². The van der Waals surface area contributed by atoms with Gasteiger partial charge in [-0.1, -0.05) is 12.1 Å². The number of H-pyrrole nitrogens is 1. The van der Waals surface area contributed by atoms with E-state index in [1.54, 1.807) is 29.3 Å². The fourth-order valence-corrected chi connectivity index (χ4v) is 3.69. The number of carbonyl (C=O) groups is 2. The first kappa shape index (κ1) is 17.9. The van der Waals surface area contributed by atoms with Crippen LogP contribution in [0, 0.1) is 12.8 Å². The summed E-state index contributed by atoms with van der Waals surface area (Å²) in [6.07, 6.45) is 4.91. The van der Waals surface area contributed by atoms with Crippen LogP contribution >= 0.6 is 0 Å². The number of primary amides is 1. The van der Waals surface area contributed by atoms with Gasteiger partial charge in [0.05, 0.1) is 6.20 Å². The number of nitrogens with two attached hydrogens (primary N) is 1. The van der Waals surface area contributed by atoms with E-state index in [0.717, 1.165) is 28.8 Å². The van der Waals surface area contributed by atoms with Crippen LogP contribution in [-0.2, 0) is 11.2 Å². The Labute approximate surface area is 162 Å². The maximum Gasteiger partial charge on any atom is 0.248 e. The molecule has 1 unspecified atom stereocenters. The summed E-state index contributed by atoms with van der Waals surface area (Å²) in [5.41, 5.74) is 9.56. The number of rotatable bonds is 5. The van der Waals surface area contributed by atoms with Crippen molar-refractivity contribution < 1.29 is 9.59 Å². The van der Waals surface area contributed by atoms with Crippen molar-refractivity contribution in [2.75, 3.05) is 11.4 Å². The van der Waals surface area contributed by atoms with Crippen molar-refractivity contribution in [1.82, 2.24) is 15.2 Å². The SMILES string of the molecule is Cc1nc(N2CCC(Cc3cccc(C(N)=O)c3)C2=O)ccc1-c1cn[nH]c1. The molecule has 0 saturated carbocycles. The summed E-state index contributed by atoms with van der Waals surface area (Å²) in [6.45, 7) is 2.57. The second kappa shape index (κ2) is 7.26. The third kappa shape index (κ3) is 3.38. The zero-order chi connectivity index (χ0) is 19.7. The molecular weight excluding hydrogens is 354 g/mol. The number of aromatic nitrogens is 3. The van der Waals surface area contributed by atoms with E-state index in [0.29, 0.717) is 24.3 Å². The Morgan fingerprint density at radius 1 is 1.32 bits per heavy atom. The van der Waals surface area contributed by atoms with E-state index in [2.05, 4.69) is 15.2 Å². The van der Waals surface area contributed by atoms with Gasteiger partial charge in [0.25, 0.3) is 0 Å². The molecule has 1 fully saturated rings. The molecule has 3 N–H and O–H groups in total. The predicted molar refractivity (Wildman–Crippen MR) is 106 cm³/mol. The molecular formula is C21H21N5O2. The molecule has 1 aliphatic rings. The largest absolute Gasteiger partial charge is 0.366 e. The molecule has 4 rings (SSSR count). The first-order valence-corrected chi connectivity index (χ1v) is 9.20. The van der Waals surface area contributed by atoms with Gasteiger partial charge in [-0.15, -0.1) is 0 Å². The van der Waals surface area contributed by atoms with Crippen LogP contribution in [-0.4, -0.2) is 33.5 Å². The molecule has 3 heterocycles. The summed E-state index contributed by atoms with van der Waals surface area (Å²) in [5.74, 6) is 0.146. The number of nitrogens with zero attached hydrogens (tertiary/aromatic N) is 3. The van der Waals surface area contributed by atoms with Gasteiger partial charge in [0, 0.05) is 41.0 Å². The van der Waals surface area contributed by atoms with E-state index in [4.69, 9.17) is 5.73 Å². The number of hydrogen-bond acceptors (Lipinski definition) is 4. The van der Waals surface area contributed by atoms with Gasteiger partial charge in [-0.2, -0.15) is 5.10 Å². The monoisotopic (exact) mass is 375 g/mol. The summed E-state index contributed by atoms with van der Waals surface area (Å²) in [4.78, 5) is 30.7. The van der Waals surface area contributed by atoms with Crippen molar-refractivity contribution in [3.05, 3.63) is 65.6 Å². The summed E-state index contributed by atoms with van der Waals surface area (Å²) in [7, 11) is 0. The van der Waals surface area contributed by atoms with E-state index >= 15 is 0 Å². The van der Waals surface area contributed by atoms with E-state index in [1.165, 1.54) is 0 Å². The number of aryl methyl sites for hydroxylation is 1. The molecule has 142 valence electrons. The Kier molecular flexibility index (Phi) is 4.65. The first-order chi connectivity index (χ1) is 13.5. The van der Waals surface area contributed by atoms with Gasteiger partial charge in [0.15, 0.2) is 0 Å². The van der Waals surface area contributed by atoms with Gasteiger partial charge >= 0.3 is 0 Å². The van der Waals surface area contributed by atoms with Crippen molar-refractivity contribution in [2.24, 2.45) is 11.7 Å². The van der Waals surface area contributed by atoms with Gasteiger partial charge in [-0.05, 0) is 49.6 Å². The molecule has 0 aliphatic carbocycles. The van der Waals surface area contributed by atoms with Gasteiger partial charge in [-0.3, -0.25) is 19.6 Å². The van der Waals surface area contributed by atoms with Gasteiger partial charge in [0.1, 0.15) is 5.82 Å². The Morgan fingerprint density at radius 3 is 2.89 bits per heavy atom. The van der Waals surface area contributed by atoms with Crippen LogP contribution in [0.1, 0.15) is 28.0 Å². The second-order valence-corrected chi connectivity index (χ2v) is 7.03. The second-order valence-electron chi connectivity index (χ2n) is 7.03. The highest BCUT2D eigenvalue weighted by molar-refractivity contribution is 5.97. The van der Waals surface area contributed by atoms with Crippen LogP contribution < -0.4 is 10.6 Å². The number of hydrogen-bond donors (Lipinski definition) is 2. The van der Waals surface area contributed by atoms with Crippen LogP contribution in [0.2, 0.25) is 0 Å². The molecule has 0 spiro atoms. The average molecular weight is 375 g/mol. The van der Waals surface area contributed by atoms with Crippen molar-refractivity contribution in [3.8, 4) is 11.1 Å². The van der Waals surface area contributed by atoms with E-state index < -0.39 is 5.91 Å². The minimum atomic E-state index is -0.460. The van der Waals surface area contributed by atoms with Crippen molar-refractivity contribution in [3.63, 3.8) is 0 Å². The van der Waals surface area contributed by atoms with Crippen LogP contribution in [0.15, 0.2) is 48.8 Å². The van der Waals surface area contributed by atoms with Gasteiger partial charge < -0.3 is 5.73 Å². The van der Waals surface area contributed by atoms with Crippen molar-refractivity contribution >= 4 is 17.6 Å². The number of amides is 2. The lowest BCUT2D eigenvalue weighted by Crippen LogP contribution is -2.28. The molecule has 7 nitrogen and oxygen atoms in total. The summed E-state index contributed by atoms with van der Waals surface area (Å²) < 4.78 is 0. The number of carbonyl (C=O) groups excluding carboxylic acids is 2. The molecule has 0 bridgehead atoms. The Hall–Kier alpha value is -3.48. The predicted octanol–water partition coefficient (Wildman–Crippen LogP) is 2.47. The van der Waals surface area contributed by atoms with Gasteiger partial charge in [-0.25, -0.2) is 4.98 Å². The maximum absolute atomic E-state index is 12.9. The van der Waals surface area contributed by atoms with Crippen LogP contribution in [0.3, 0.4) is 0 Å². The smallest absolute Gasteiger partial charge is 0.248 e. The third-order valence-electron chi connectivity index (χ3n) is 5.17. The molecule has 1 aromatic carbocycles. The Bertz CT molecular complexity index is 1030. The van der Waals surface area contributed by atoms with Crippen LogP contribution in [0.25, 0.3) is 11.1 Å². The fourth-order valence-electron chi connectivity index (χ4n) is 3.69. The Balaban J connectivity index is 1.51. The lowest BCUT2D eigenvalue weighted by atomic mass is 9.97. The average Bonchev–Trinajstić information content (AvgIpc) is 3.33. The van der Waals surface area contributed by atoms with E-state index in [9.17, 15) is 9.59 Å². The molecule has 1 saturated heterocycles. The maximum atomic E-state index is 12.9. The Morgan fingerprint density at radius 2 is 2.18 bits per heavy atom. The molecule has 28 heavy (non-hydrogen) atoms. The fraction of sp³-hybridized carbons (Fsp3) is 0.238. The lowest BCUT2D eigenvalue weighted by Gasteiger charge is -2.17. The summed E-state index contributed by atoms with van der Waals surface area (Å²) in [6, 6.07) is 11.0. The number of anilines is 1. The number of aromatic amines is 1. The first-order valence-electron chi connectivity index (χ1n) is 9.20. The number of benzene rings is 1. The minimum Gasteiger partial charge on any atom is -0.366 e. The highest BCUT2D eigenvalue weighted by atomic mass is 16.2. The summed E-state index contributed by atoms with van der Waals surface area (Å²) in [5, 5.41) is 6.77. The lowest BCUT2D eigenvalue weighted by molar-refractivity contribution is -0.120. The van der Waals surface area contributed by atoms with E-state index in [1.807, 2.05) is 31.3 Å². The molecule has 2 aromatic heterocycles.